The zero-order valence-electron chi connectivity index (χ0n) is 11.4. The van der Waals surface area contributed by atoms with Crippen molar-refractivity contribution in [1.29, 1.82) is 0 Å². The van der Waals surface area contributed by atoms with Crippen LogP contribution in [0.1, 0.15) is 25.2 Å². The van der Waals surface area contributed by atoms with Gasteiger partial charge in [-0.1, -0.05) is 6.07 Å². The molecular weight excluding hydrogens is 245 g/mol. The molecule has 2 N–H and O–H groups in total. The summed E-state index contributed by atoms with van der Waals surface area (Å²) < 4.78 is 21.5. The lowest BCUT2D eigenvalue weighted by atomic mass is 10.1. The average molecular weight is 263 g/mol. The largest absolute Gasteiger partial charge is 0.479 e. The van der Waals surface area contributed by atoms with Crippen LogP contribution in [-0.4, -0.2) is 9.55 Å². The molecule has 0 radical (unpaired) electrons. The molecule has 0 bridgehead atoms. The van der Waals surface area contributed by atoms with Gasteiger partial charge in [0.25, 0.3) is 0 Å². The van der Waals surface area contributed by atoms with Crippen LogP contribution in [0.2, 0.25) is 0 Å². The molecule has 4 nitrogen and oxygen atoms in total. The zero-order valence-corrected chi connectivity index (χ0v) is 11.4. The second-order valence-corrected chi connectivity index (χ2v) is 4.89. The van der Waals surface area contributed by atoms with Crippen molar-refractivity contribution in [2.75, 3.05) is 0 Å². The van der Waals surface area contributed by atoms with Crippen molar-refractivity contribution in [2.24, 2.45) is 12.8 Å². The monoisotopic (exact) mass is 263 g/mol. The number of halogens is 1. The third-order valence-electron chi connectivity index (χ3n) is 3.00. The molecular formula is C14H18FN3O. The highest BCUT2D eigenvalue weighted by Gasteiger charge is 2.28. The summed E-state index contributed by atoms with van der Waals surface area (Å²) in [5.41, 5.74) is 5.29. The number of nitrogens with two attached hydrogens (primary N) is 1. The van der Waals surface area contributed by atoms with Crippen LogP contribution >= 0.6 is 0 Å². The van der Waals surface area contributed by atoms with Gasteiger partial charge in [0.1, 0.15) is 11.6 Å². The molecule has 2 rings (SSSR count). The zero-order chi connectivity index (χ0) is 14.0. The minimum atomic E-state index is -0.671. The standard InChI is InChI=1S/C14H18FN3O/c1-14(2,13-17-7-8-18(13)3)19-12-6-4-5-11(15)10(12)9-16/h4-8H,9,16H2,1-3H3. The number of rotatable bonds is 4. The first kappa shape index (κ1) is 13.5. The number of aromatic nitrogens is 2. The van der Waals surface area contributed by atoms with E-state index in [4.69, 9.17) is 10.5 Å². The second kappa shape index (κ2) is 5.01. The summed E-state index contributed by atoms with van der Waals surface area (Å²) in [6.45, 7) is 3.87. The Labute approximate surface area is 112 Å². The van der Waals surface area contributed by atoms with Gasteiger partial charge in [0.15, 0.2) is 11.4 Å². The fourth-order valence-electron chi connectivity index (χ4n) is 2.10. The van der Waals surface area contributed by atoms with Crippen molar-refractivity contribution in [2.45, 2.75) is 26.0 Å². The lowest BCUT2D eigenvalue weighted by Crippen LogP contribution is -2.29. The molecule has 1 aromatic carbocycles. The Kier molecular flexibility index (Phi) is 3.57. The molecule has 0 aliphatic carbocycles. The molecule has 1 heterocycles. The second-order valence-electron chi connectivity index (χ2n) is 4.89. The molecule has 0 saturated heterocycles. The summed E-state index contributed by atoms with van der Waals surface area (Å²) in [5.74, 6) is 0.867. The Morgan fingerprint density at radius 2 is 2.16 bits per heavy atom. The summed E-state index contributed by atoms with van der Waals surface area (Å²) in [6, 6.07) is 4.71. The van der Waals surface area contributed by atoms with E-state index in [2.05, 4.69) is 4.98 Å². The van der Waals surface area contributed by atoms with Crippen LogP contribution in [0.25, 0.3) is 0 Å². The van der Waals surface area contributed by atoms with Crippen LogP contribution in [0.15, 0.2) is 30.6 Å². The Hall–Kier alpha value is -1.88. The van der Waals surface area contributed by atoms with E-state index in [1.54, 1.807) is 18.3 Å². The molecule has 0 spiro atoms. The van der Waals surface area contributed by atoms with Gasteiger partial charge < -0.3 is 15.0 Å². The first-order chi connectivity index (χ1) is 8.95. The minimum Gasteiger partial charge on any atom is -0.479 e. The van der Waals surface area contributed by atoms with E-state index in [-0.39, 0.29) is 12.4 Å². The van der Waals surface area contributed by atoms with Gasteiger partial charge in [-0.2, -0.15) is 0 Å². The molecule has 0 atom stereocenters. The van der Waals surface area contributed by atoms with Gasteiger partial charge in [-0.25, -0.2) is 9.37 Å². The van der Waals surface area contributed by atoms with Crippen LogP contribution in [0.3, 0.4) is 0 Å². The molecule has 0 amide bonds. The number of hydrogen-bond acceptors (Lipinski definition) is 3. The smallest absolute Gasteiger partial charge is 0.161 e. The van der Waals surface area contributed by atoms with Gasteiger partial charge in [-0.15, -0.1) is 0 Å². The van der Waals surface area contributed by atoms with E-state index in [1.807, 2.05) is 31.7 Å². The highest BCUT2D eigenvalue weighted by Crippen LogP contribution is 2.29. The SMILES string of the molecule is Cn1ccnc1C(C)(C)Oc1cccc(F)c1CN. The number of benzene rings is 1. The Balaban J connectivity index is 2.36. The van der Waals surface area contributed by atoms with Gasteiger partial charge in [0, 0.05) is 31.5 Å². The van der Waals surface area contributed by atoms with Crippen molar-refractivity contribution >= 4 is 0 Å². The van der Waals surface area contributed by atoms with Crippen molar-refractivity contribution in [3.63, 3.8) is 0 Å². The van der Waals surface area contributed by atoms with Crippen molar-refractivity contribution in [1.82, 2.24) is 9.55 Å². The van der Waals surface area contributed by atoms with Gasteiger partial charge in [0.2, 0.25) is 0 Å². The van der Waals surface area contributed by atoms with Crippen LogP contribution in [0.4, 0.5) is 4.39 Å². The molecule has 2 aromatic rings. The number of imidazole rings is 1. The molecule has 1 aromatic heterocycles. The average Bonchev–Trinajstić information content (AvgIpc) is 2.76. The fourth-order valence-corrected chi connectivity index (χ4v) is 2.10. The lowest BCUT2D eigenvalue weighted by molar-refractivity contribution is 0.0935. The molecule has 5 heteroatoms. The normalized spacial score (nSPS) is 11.6. The Bertz CT molecular complexity index is 578. The maximum atomic E-state index is 13.7. The topological polar surface area (TPSA) is 53.1 Å². The van der Waals surface area contributed by atoms with Gasteiger partial charge in [-0.3, -0.25) is 0 Å². The maximum Gasteiger partial charge on any atom is 0.161 e. The molecule has 0 aliphatic rings. The van der Waals surface area contributed by atoms with Crippen LogP contribution in [0, 0.1) is 5.82 Å². The van der Waals surface area contributed by atoms with Crippen LogP contribution in [-0.2, 0) is 19.2 Å². The molecule has 19 heavy (non-hydrogen) atoms. The summed E-state index contributed by atoms with van der Waals surface area (Å²) in [7, 11) is 1.89. The van der Waals surface area contributed by atoms with Gasteiger partial charge >= 0.3 is 0 Å². The summed E-state index contributed by atoms with van der Waals surface area (Å²) in [5, 5.41) is 0. The predicted octanol–water partition coefficient (Wildman–Crippen LogP) is 2.33. The van der Waals surface area contributed by atoms with E-state index < -0.39 is 5.60 Å². The minimum absolute atomic E-state index is 0.0959. The number of ether oxygens (including phenoxy) is 1. The number of hydrogen-bond donors (Lipinski definition) is 1. The quantitative estimate of drug-likeness (QED) is 0.921. The lowest BCUT2D eigenvalue weighted by Gasteiger charge is -2.27. The summed E-state index contributed by atoms with van der Waals surface area (Å²) in [6.07, 6.45) is 3.55. The van der Waals surface area contributed by atoms with Crippen molar-refractivity contribution in [3.05, 3.63) is 47.8 Å². The van der Waals surface area contributed by atoms with E-state index in [9.17, 15) is 4.39 Å². The predicted molar refractivity (Wildman–Crippen MR) is 71.2 cm³/mol. The van der Waals surface area contributed by atoms with E-state index >= 15 is 0 Å². The van der Waals surface area contributed by atoms with E-state index in [0.29, 0.717) is 11.3 Å². The third-order valence-corrected chi connectivity index (χ3v) is 3.00. The fraction of sp³-hybridized carbons (Fsp3) is 0.357. The van der Waals surface area contributed by atoms with Gasteiger partial charge in [0.05, 0.1) is 0 Å². The van der Waals surface area contributed by atoms with Crippen molar-refractivity contribution < 1.29 is 9.13 Å². The Morgan fingerprint density at radius 1 is 1.42 bits per heavy atom. The van der Waals surface area contributed by atoms with Crippen LogP contribution in [0.5, 0.6) is 5.75 Å². The first-order valence-corrected chi connectivity index (χ1v) is 6.10. The first-order valence-electron chi connectivity index (χ1n) is 6.10. The summed E-state index contributed by atoms with van der Waals surface area (Å²) >= 11 is 0. The molecule has 102 valence electrons. The molecule has 0 saturated carbocycles. The maximum absolute atomic E-state index is 13.7. The third kappa shape index (κ3) is 2.61. The number of aryl methyl sites for hydroxylation is 1. The number of nitrogens with zero attached hydrogens (tertiary/aromatic N) is 2. The molecule has 0 fully saturated rings. The summed E-state index contributed by atoms with van der Waals surface area (Å²) in [4.78, 5) is 4.27. The van der Waals surface area contributed by atoms with E-state index in [1.165, 1.54) is 6.07 Å². The highest BCUT2D eigenvalue weighted by molar-refractivity contribution is 5.35. The highest BCUT2D eigenvalue weighted by atomic mass is 19.1. The van der Waals surface area contributed by atoms with Crippen LogP contribution < -0.4 is 10.5 Å². The molecule has 0 unspecified atom stereocenters. The molecule has 0 aliphatic heterocycles. The van der Waals surface area contributed by atoms with Gasteiger partial charge in [-0.05, 0) is 26.0 Å². The van der Waals surface area contributed by atoms with Crippen molar-refractivity contribution in [3.8, 4) is 5.75 Å². The Morgan fingerprint density at radius 3 is 2.74 bits per heavy atom. The van der Waals surface area contributed by atoms with E-state index in [0.717, 1.165) is 5.82 Å².